The largest absolute Gasteiger partial charge is 0.351 e. The number of rotatable bonds is 5. The van der Waals surface area contributed by atoms with E-state index in [1.165, 1.54) is 0 Å². The van der Waals surface area contributed by atoms with Crippen molar-refractivity contribution < 1.29 is 12.8 Å². The van der Waals surface area contributed by atoms with Crippen LogP contribution in [0.5, 0.6) is 0 Å². The summed E-state index contributed by atoms with van der Waals surface area (Å²) in [7, 11) is -1.89. The van der Waals surface area contributed by atoms with E-state index >= 15 is 0 Å². The molecule has 0 spiro atoms. The molecule has 6 nitrogen and oxygen atoms in total. The van der Waals surface area contributed by atoms with Crippen molar-refractivity contribution in [1.29, 1.82) is 0 Å². The number of pyridine rings is 1. The molecular weight excluding hydrogens is 411 g/mol. The van der Waals surface area contributed by atoms with Crippen LogP contribution in [0.25, 0.3) is 11.3 Å². The van der Waals surface area contributed by atoms with Crippen LogP contribution in [0, 0.1) is 18.7 Å². The molecule has 0 saturated carbocycles. The minimum Gasteiger partial charge on any atom is -0.351 e. The lowest BCUT2D eigenvalue weighted by molar-refractivity contribution is 0.557. The molecule has 1 aromatic carbocycles. The number of thiazole rings is 1. The molecule has 29 heavy (non-hydrogen) atoms. The van der Waals surface area contributed by atoms with Gasteiger partial charge in [-0.1, -0.05) is 17.4 Å². The van der Waals surface area contributed by atoms with Crippen LogP contribution in [0.4, 0.5) is 9.52 Å². The predicted molar refractivity (Wildman–Crippen MR) is 112 cm³/mol. The van der Waals surface area contributed by atoms with Crippen LogP contribution in [0.2, 0.25) is 0 Å². The smallest absolute Gasteiger partial charge is 0.249 e. The fourth-order valence-electron chi connectivity index (χ4n) is 3.84. The van der Waals surface area contributed by atoms with Gasteiger partial charge in [0.1, 0.15) is 5.82 Å². The van der Waals surface area contributed by atoms with Crippen molar-refractivity contribution in [1.82, 2.24) is 9.97 Å². The fraction of sp³-hybridized carbons (Fsp3) is 0.300. The van der Waals surface area contributed by atoms with E-state index in [2.05, 4.69) is 9.97 Å². The van der Waals surface area contributed by atoms with Crippen LogP contribution in [0.1, 0.15) is 16.8 Å². The summed E-state index contributed by atoms with van der Waals surface area (Å²) in [5, 5.41) is 5.87. The van der Waals surface area contributed by atoms with Gasteiger partial charge in [0.05, 0.1) is 11.4 Å². The molecule has 0 bridgehead atoms. The highest BCUT2D eigenvalue weighted by atomic mass is 32.2. The predicted octanol–water partition coefficient (Wildman–Crippen LogP) is 3.15. The van der Waals surface area contributed by atoms with Gasteiger partial charge in [0, 0.05) is 25.4 Å². The van der Waals surface area contributed by atoms with E-state index in [1.54, 1.807) is 25.3 Å². The Hall–Kier alpha value is -2.36. The molecule has 2 aromatic heterocycles. The number of sulfonamides is 1. The van der Waals surface area contributed by atoms with E-state index in [-0.39, 0.29) is 15.9 Å². The SMILES string of the molecule is Cc1nc(N(C)C[C@@H]2Cc3cc(F)c(-c4ccccn4)cc3C2)sc1S(N)(=O)=O. The molecule has 0 saturated heterocycles. The Labute approximate surface area is 173 Å². The van der Waals surface area contributed by atoms with Gasteiger partial charge < -0.3 is 4.90 Å². The monoisotopic (exact) mass is 432 g/mol. The average molecular weight is 433 g/mol. The van der Waals surface area contributed by atoms with E-state index < -0.39 is 10.0 Å². The van der Waals surface area contributed by atoms with E-state index in [9.17, 15) is 12.8 Å². The molecule has 2 heterocycles. The van der Waals surface area contributed by atoms with Crippen molar-refractivity contribution in [2.45, 2.75) is 24.0 Å². The number of hydrogen-bond acceptors (Lipinski definition) is 6. The number of fused-ring (bicyclic) bond motifs is 1. The second kappa shape index (κ2) is 7.47. The molecule has 152 valence electrons. The van der Waals surface area contributed by atoms with Crippen molar-refractivity contribution >= 4 is 26.5 Å². The van der Waals surface area contributed by atoms with Gasteiger partial charge in [-0.15, -0.1) is 0 Å². The minimum absolute atomic E-state index is 0.0936. The lowest BCUT2D eigenvalue weighted by Gasteiger charge is -2.20. The maximum Gasteiger partial charge on any atom is 0.249 e. The van der Waals surface area contributed by atoms with Gasteiger partial charge in [0.25, 0.3) is 0 Å². The summed E-state index contributed by atoms with van der Waals surface area (Å²) < 4.78 is 38.0. The molecule has 0 unspecified atom stereocenters. The molecule has 4 rings (SSSR count). The Bertz CT molecular complexity index is 1160. The van der Waals surface area contributed by atoms with Crippen molar-refractivity contribution in [3.05, 3.63) is 59.2 Å². The summed E-state index contributed by atoms with van der Waals surface area (Å²) in [6.07, 6.45) is 3.25. The van der Waals surface area contributed by atoms with E-state index in [0.29, 0.717) is 28.6 Å². The Morgan fingerprint density at radius 2 is 2.00 bits per heavy atom. The van der Waals surface area contributed by atoms with Crippen molar-refractivity contribution in [2.24, 2.45) is 11.1 Å². The van der Waals surface area contributed by atoms with Gasteiger partial charge in [0.15, 0.2) is 9.34 Å². The minimum atomic E-state index is -3.77. The number of benzene rings is 1. The first-order valence-corrected chi connectivity index (χ1v) is 11.5. The Kier molecular flexibility index (Phi) is 5.14. The third-order valence-electron chi connectivity index (χ3n) is 5.11. The normalized spacial score (nSPS) is 16.1. The number of hydrogen-bond donors (Lipinski definition) is 1. The standard InChI is InChI=1S/C20H21FN4O2S2/c1-12-19(29(22,26)27)28-20(24-12)25(2)11-13-7-14-9-16(17(21)10-15(14)8-13)18-5-3-4-6-23-18/h3-6,9-10,13H,7-8,11H2,1-2H3,(H2,22,26,27)/t13-/m0/s1. The number of halogens is 1. The average Bonchev–Trinajstić information content (AvgIpc) is 3.24. The molecule has 3 aromatic rings. The Morgan fingerprint density at radius 1 is 1.28 bits per heavy atom. The zero-order chi connectivity index (χ0) is 20.8. The van der Waals surface area contributed by atoms with Crippen LogP contribution in [0.3, 0.4) is 0 Å². The number of nitrogens with two attached hydrogens (primary N) is 1. The maximum atomic E-state index is 14.6. The first-order chi connectivity index (χ1) is 13.7. The number of anilines is 1. The molecule has 1 aliphatic rings. The molecule has 0 aliphatic heterocycles. The summed E-state index contributed by atoms with van der Waals surface area (Å²) in [5.74, 6) is 0.0281. The summed E-state index contributed by atoms with van der Waals surface area (Å²) >= 11 is 1.08. The summed E-state index contributed by atoms with van der Waals surface area (Å²) in [4.78, 5) is 10.6. The molecule has 9 heteroatoms. The van der Waals surface area contributed by atoms with Crippen LogP contribution in [-0.2, 0) is 22.9 Å². The molecule has 1 atom stereocenters. The summed E-state index contributed by atoms with van der Waals surface area (Å²) in [5.41, 5.74) is 3.71. The molecular formula is C20H21FN4O2S2. The molecule has 0 amide bonds. The van der Waals surface area contributed by atoms with E-state index in [4.69, 9.17) is 5.14 Å². The van der Waals surface area contributed by atoms with Gasteiger partial charge in [-0.05, 0) is 61.1 Å². The van der Waals surface area contributed by atoms with E-state index in [1.807, 2.05) is 30.1 Å². The maximum absolute atomic E-state index is 14.6. The topological polar surface area (TPSA) is 89.2 Å². The van der Waals surface area contributed by atoms with E-state index in [0.717, 1.165) is 35.3 Å². The third kappa shape index (κ3) is 4.03. The highest BCUT2D eigenvalue weighted by Gasteiger charge is 2.26. The number of aromatic nitrogens is 2. The lowest BCUT2D eigenvalue weighted by Crippen LogP contribution is -2.25. The van der Waals surface area contributed by atoms with Crippen molar-refractivity contribution in [2.75, 3.05) is 18.5 Å². The highest BCUT2D eigenvalue weighted by Crippen LogP contribution is 2.34. The van der Waals surface area contributed by atoms with Crippen LogP contribution in [0.15, 0.2) is 40.7 Å². The first kappa shape index (κ1) is 19.9. The molecule has 2 N–H and O–H groups in total. The zero-order valence-electron chi connectivity index (χ0n) is 16.1. The Balaban J connectivity index is 1.52. The Morgan fingerprint density at radius 3 is 2.62 bits per heavy atom. The van der Waals surface area contributed by atoms with Gasteiger partial charge in [-0.25, -0.2) is 22.9 Å². The second-order valence-electron chi connectivity index (χ2n) is 7.38. The second-order valence-corrected chi connectivity index (χ2v) is 10.1. The molecule has 1 aliphatic carbocycles. The number of nitrogens with zero attached hydrogens (tertiary/aromatic N) is 3. The summed E-state index contributed by atoms with van der Waals surface area (Å²) in [6, 6.07) is 8.98. The van der Waals surface area contributed by atoms with Crippen LogP contribution < -0.4 is 10.0 Å². The molecule has 0 radical (unpaired) electrons. The van der Waals surface area contributed by atoms with Gasteiger partial charge in [-0.3, -0.25) is 4.98 Å². The van der Waals surface area contributed by atoms with Crippen LogP contribution in [-0.4, -0.2) is 32.0 Å². The van der Waals surface area contributed by atoms with Crippen LogP contribution >= 0.6 is 11.3 Å². The van der Waals surface area contributed by atoms with Crippen molar-refractivity contribution in [3.8, 4) is 11.3 Å². The number of primary sulfonamides is 1. The number of aryl methyl sites for hydroxylation is 1. The fourth-order valence-corrected chi connectivity index (χ4v) is 5.76. The molecule has 0 fully saturated rings. The van der Waals surface area contributed by atoms with Gasteiger partial charge in [-0.2, -0.15) is 0 Å². The zero-order valence-corrected chi connectivity index (χ0v) is 17.7. The highest BCUT2D eigenvalue weighted by molar-refractivity contribution is 7.91. The van der Waals surface area contributed by atoms with Crippen molar-refractivity contribution in [3.63, 3.8) is 0 Å². The quantitative estimate of drug-likeness (QED) is 0.669. The summed E-state index contributed by atoms with van der Waals surface area (Å²) in [6.45, 7) is 2.33. The van der Waals surface area contributed by atoms with Gasteiger partial charge >= 0.3 is 0 Å². The lowest BCUT2D eigenvalue weighted by atomic mass is 10.0. The first-order valence-electron chi connectivity index (χ1n) is 9.16. The third-order valence-corrected chi connectivity index (χ3v) is 7.93. The van der Waals surface area contributed by atoms with Gasteiger partial charge in [0.2, 0.25) is 10.0 Å².